The van der Waals surface area contributed by atoms with E-state index < -0.39 is 0 Å². The number of ether oxygens (including phenoxy) is 1. The molecule has 0 radical (unpaired) electrons. The molecule has 1 fully saturated rings. The van der Waals surface area contributed by atoms with Crippen LogP contribution in [0, 0.1) is 0 Å². The molecule has 0 saturated carbocycles. The van der Waals surface area contributed by atoms with Gasteiger partial charge in [-0.1, -0.05) is 6.07 Å². The molecule has 4 heterocycles. The third-order valence-corrected chi connectivity index (χ3v) is 3.97. The van der Waals surface area contributed by atoms with Crippen LogP contribution in [0.15, 0.2) is 48.9 Å². The molecule has 0 N–H and O–H groups in total. The van der Waals surface area contributed by atoms with Crippen LogP contribution < -0.4 is 0 Å². The van der Waals surface area contributed by atoms with Crippen LogP contribution in [0.3, 0.4) is 0 Å². The van der Waals surface area contributed by atoms with E-state index in [0.29, 0.717) is 32.1 Å². The molecule has 4 rings (SSSR count). The Labute approximate surface area is 133 Å². The zero-order valence-electron chi connectivity index (χ0n) is 12.6. The smallest absolute Gasteiger partial charge is 0.290 e. The minimum atomic E-state index is -0.0651. The standard InChI is InChI=1S/C17H16N4O2/c22-17(20-8-10-23-11-9-20)16-19-15(13-4-3-6-18-12-13)14-5-1-2-7-21(14)16/h1-7,12H,8-11H2. The van der Waals surface area contributed by atoms with Gasteiger partial charge in [0.15, 0.2) is 0 Å². The second kappa shape index (κ2) is 5.81. The van der Waals surface area contributed by atoms with Crippen LogP contribution in [0.25, 0.3) is 16.8 Å². The van der Waals surface area contributed by atoms with Gasteiger partial charge in [-0.3, -0.25) is 14.2 Å². The molecule has 6 heteroatoms. The average Bonchev–Trinajstić information content (AvgIpc) is 3.02. The molecule has 1 aliphatic rings. The Morgan fingerprint density at radius 1 is 1.13 bits per heavy atom. The summed E-state index contributed by atoms with van der Waals surface area (Å²) in [5, 5.41) is 0. The van der Waals surface area contributed by atoms with Gasteiger partial charge in [0.2, 0.25) is 5.82 Å². The fourth-order valence-corrected chi connectivity index (χ4v) is 2.81. The molecule has 0 atom stereocenters. The van der Waals surface area contributed by atoms with E-state index in [-0.39, 0.29) is 5.91 Å². The first-order valence-electron chi connectivity index (χ1n) is 7.59. The summed E-state index contributed by atoms with van der Waals surface area (Å²) in [7, 11) is 0. The third-order valence-electron chi connectivity index (χ3n) is 3.97. The van der Waals surface area contributed by atoms with E-state index in [2.05, 4.69) is 9.97 Å². The van der Waals surface area contributed by atoms with Gasteiger partial charge in [-0.25, -0.2) is 4.98 Å². The number of hydrogen-bond donors (Lipinski definition) is 0. The van der Waals surface area contributed by atoms with E-state index in [1.165, 1.54) is 0 Å². The predicted molar refractivity (Wildman–Crippen MR) is 85.1 cm³/mol. The second-order valence-corrected chi connectivity index (χ2v) is 5.39. The molecule has 1 amide bonds. The molecule has 0 aromatic carbocycles. The van der Waals surface area contributed by atoms with E-state index in [4.69, 9.17) is 4.74 Å². The zero-order chi connectivity index (χ0) is 15.6. The Bertz CT molecular complexity index is 838. The van der Waals surface area contributed by atoms with Crippen molar-refractivity contribution < 1.29 is 9.53 Å². The van der Waals surface area contributed by atoms with Crippen LogP contribution in [0.2, 0.25) is 0 Å². The minimum absolute atomic E-state index is 0.0651. The molecule has 1 saturated heterocycles. The normalized spacial score (nSPS) is 15.0. The van der Waals surface area contributed by atoms with Crippen molar-refractivity contribution in [3.05, 3.63) is 54.7 Å². The van der Waals surface area contributed by atoms with Crippen molar-refractivity contribution in [2.45, 2.75) is 0 Å². The lowest BCUT2D eigenvalue weighted by atomic mass is 10.2. The first-order valence-corrected chi connectivity index (χ1v) is 7.59. The summed E-state index contributed by atoms with van der Waals surface area (Å²) in [6, 6.07) is 9.63. The Morgan fingerprint density at radius 2 is 2.00 bits per heavy atom. The van der Waals surface area contributed by atoms with Gasteiger partial charge in [0.05, 0.1) is 24.4 Å². The molecule has 0 bridgehead atoms. The van der Waals surface area contributed by atoms with E-state index in [9.17, 15) is 4.79 Å². The molecule has 23 heavy (non-hydrogen) atoms. The SMILES string of the molecule is O=C(c1nc(-c2cccnc2)c2ccccn12)N1CCOCC1. The van der Waals surface area contributed by atoms with Gasteiger partial charge in [-0.15, -0.1) is 0 Å². The highest BCUT2D eigenvalue weighted by molar-refractivity contribution is 5.94. The Kier molecular flexibility index (Phi) is 3.51. The minimum Gasteiger partial charge on any atom is -0.378 e. The molecule has 0 spiro atoms. The number of carbonyl (C=O) groups is 1. The number of pyridine rings is 2. The van der Waals surface area contributed by atoms with Crippen molar-refractivity contribution in [3.63, 3.8) is 0 Å². The highest BCUT2D eigenvalue weighted by Gasteiger charge is 2.24. The largest absolute Gasteiger partial charge is 0.378 e. The summed E-state index contributed by atoms with van der Waals surface area (Å²) >= 11 is 0. The summed E-state index contributed by atoms with van der Waals surface area (Å²) < 4.78 is 7.17. The number of amides is 1. The van der Waals surface area contributed by atoms with Crippen molar-refractivity contribution in [2.24, 2.45) is 0 Å². The van der Waals surface area contributed by atoms with Crippen LogP contribution in [0.4, 0.5) is 0 Å². The van der Waals surface area contributed by atoms with Crippen molar-refractivity contribution in [2.75, 3.05) is 26.3 Å². The van der Waals surface area contributed by atoms with Gasteiger partial charge in [0.25, 0.3) is 5.91 Å². The highest BCUT2D eigenvalue weighted by atomic mass is 16.5. The molecular weight excluding hydrogens is 292 g/mol. The topological polar surface area (TPSA) is 59.7 Å². The molecular formula is C17H16N4O2. The fraction of sp³-hybridized carbons (Fsp3) is 0.235. The average molecular weight is 308 g/mol. The number of morpholine rings is 1. The Hall–Kier alpha value is -2.73. The Balaban J connectivity index is 1.83. The van der Waals surface area contributed by atoms with Crippen LogP contribution >= 0.6 is 0 Å². The van der Waals surface area contributed by atoms with Gasteiger partial charge in [0.1, 0.15) is 0 Å². The van der Waals surface area contributed by atoms with Gasteiger partial charge in [-0.05, 0) is 24.3 Å². The van der Waals surface area contributed by atoms with Crippen LogP contribution in [0.5, 0.6) is 0 Å². The predicted octanol–water partition coefficient (Wildman–Crippen LogP) is 1.87. The second-order valence-electron chi connectivity index (χ2n) is 5.39. The van der Waals surface area contributed by atoms with Gasteiger partial charge in [0, 0.05) is 37.2 Å². The van der Waals surface area contributed by atoms with E-state index in [1.54, 1.807) is 17.3 Å². The number of carbonyl (C=O) groups excluding carboxylic acids is 1. The maximum atomic E-state index is 12.8. The lowest BCUT2D eigenvalue weighted by Gasteiger charge is -2.26. The van der Waals surface area contributed by atoms with E-state index in [1.807, 2.05) is 40.9 Å². The number of aromatic nitrogens is 3. The van der Waals surface area contributed by atoms with Crippen molar-refractivity contribution in [1.82, 2.24) is 19.3 Å². The summed E-state index contributed by atoms with van der Waals surface area (Å²) in [5.41, 5.74) is 2.57. The molecule has 0 aliphatic carbocycles. The van der Waals surface area contributed by atoms with Gasteiger partial charge in [-0.2, -0.15) is 0 Å². The van der Waals surface area contributed by atoms with Crippen molar-refractivity contribution >= 4 is 11.4 Å². The molecule has 6 nitrogen and oxygen atoms in total. The monoisotopic (exact) mass is 308 g/mol. The maximum Gasteiger partial charge on any atom is 0.290 e. The zero-order valence-corrected chi connectivity index (χ0v) is 12.6. The maximum absolute atomic E-state index is 12.8. The van der Waals surface area contributed by atoms with E-state index in [0.717, 1.165) is 16.8 Å². The summed E-state index contributed by atoms with van der Waals surface area (Å²) in [6.45, 7) is 2.35. The van der Waals surface area contributed by atoms with Crippen molar-refractivity contribution in [1.29, 1.82) is 0 Å². The van der Waals surface area contributed by atoms with Crippen molar-refractivity contribution in [3.8, 4) is 11.3 Å². The first kappa shape index (κ1) is 13.9. The lowest BCUT2D eigenvalue weighted by Crippen LogP contribution is -2.41. The van der Waals surface area contributed by atoms with Crippen LogP contribution in [0.1, 0.15) is 10.6 Å². The van der Waals surface area contributed by atoms with Crippen LogP contribution in [-0.2, 0) is 4.74 Å². The molecule has 3 aromatic heterocycles. The van der Waals surface area contributed by atoms with Gasteiger partial charge < -0.3 is 9.64 Å². The highest BCUT2D eigenvalue weighted by Crippen LogP contribution is 2.24. The number of imidazole rings is 1. The molecule has 1 aliphatic heterocycles. The fourth-order valence-electron chi connectivity index (χ4n) is 2.81. The number of fused-ring (bicyclic) bond motifs is 1. The first-order chi connectivity index (χ1) is 11.3. The number of hydrogen-bond acceptors (Lipinski definition) is 4. The summed E-state index contributed by atoms with van der Waals surface area (Å²) in [6.07, 6.45) is 5.36. The summed E-state index contributed by atoms with van der Waals surface area (Å²) in [4.78, 5) is 23.4. The number of nitrogens with zero attached hydrogens (tertiary/aromatic N) is 4. The molecule has 3 aromatic rings. The third kappa shape index (κ3) is 2.47. The molecule has 116 valence electrons. The molecule has 0 unspecified atom stereocenters. The Morgan fingerprint density at radius 3 is 2.78 bits per heavy atom. The van der Waals surface area contributed by atoms with E-state index >= 15 is 0 Å². The quantitative estimate of drug-likeness (QED) is 0.725. The van der Waals surface area contributed by atoms with Gasteiger partial charge >= 0.3 is 0 Å². The number of rotatable bonds is 2. The summed E-state index contributed by atoms with van der Waals surface area (Å²) in [5.74, 6) is 0.367. The lowest BCUT2D eigenvalue weighted by molar-refractivity contribution is 0.0294. The van der Waals surface area contributed by atoms with Crippen LogP contribution in [-0.4, -0.2) is 51.5 Å².